The summed E-state index contributed by atoms with van der Waals surface area (Å²) in [4.78, 5) is 14.1. The molecule has 23 rings (SSSR count). The lowest BCUT2D eigenvalue weighted by Gasteiger charge is -2.27. The standard InChI is InChI=1S/C64H43N3S2.C54H39N3S/c1-4-18-48(19-5-1)65(49-20-6-2-7-21-49)55-34-37-59-60-41-54(35-38-62(60)69-64(59)42-55)66(50-22-8-3-9-23-50)52-24-14-17-47(39-52)45-27-30-51(31-28-45)67(53-32-29-44-15-10-11-16-46(44)40-53)56-33-36-58-57-25-12-13-26-61(57)68-63(58)43-56;1-6-18-42(19-7-1)55(43-20-8-2-9-21-43)48-28-16-17-41(37-48)40-29-31-47(32-30-40)57(46-26-14-5-15-27-46)49-34-36-53-52(38-49)51-35-33-50(39-54(51)58-53)56(44-22-10-3-11-23-44)45-24-12-4-13-25-45/h1-43H;1-39H. The molecule has 0 bridgehead atoms. The first-order valence-corrected chi connectivity index (χ1v) is 45.4. The number of hydrogen-bond acceptors (Lipinski definition) is 9. The van der Waals surface area contributed by atoms with E-state index in [1.165, 1.54) is 71.3 Å². The first-order valence-electron chi connectivity index (χ1n) is 42.9. The van der Waals surface area contributed by atoms with Gasteiger partial charge in [-0.25, -0.2) is 0 Å². The maximum Gasteiger partial charge on any atom is 0.0476 e. The van der Waals surface area contributed by atoms with Gasteiger partial charge in [0, 0.05) is 163 Å². The number of thiophene rings is 3. The summed E-state index contributed by atoms with van der Waals surface area (Å²) >= 11 is 5.55. The quantitative estimate of drug-likeness (QED) is 0.0752. The second kappa shape index (κ2) is 34.4. The largest absolute Gasteiger partial charge is 0.310 e. The van der Waals surface area contributed by atoms with E-state index in [1.54, 1.807) is 0 Å². The van der Waals surface area contributed by atoms with Gasteiger partial charge in [0.05, 0.1) is 0 Å². The summed E-state index contributed by atoms with van der Waals surface area (Å²) in [5, 5.41) is 10.1. The van der Waals surface area contributed by atoms with Crippen molar-refractivity contribution in [1.29, 1.82) is 0 Å². The van der Waals surface area contributed by atoms with Crippen LogP contribution in [0.1, 0.15) is 0 Å². The third-order valence-corrected chi connectivity index (χ3v) is 27.2. The molecule has 0 amide bonds. The van der Waals surface area contributed by atoms with Crippen LogP contribution in [0.25, 0.3) is 93.5 Å². The first-order chi connectivity index (χ1) is 62.9. The van der Waals surface area contributed by atoms with E-state index in [1.807, 2.05) is 34.0 Å². The van der Waals surface area contributed by atoms with E-state index in [0.29, 0.717) is 0 Å². The van der Waals surface area contributed by atoms with Crippen molar-refractivity contribution in [2.45, 2.75) is 0 Å². The molecule has 0 fully saturated rings. The van der Waals surface area contributed by atoms with Crippen LogP contribution in [0.15, 0.2) is 497 Å². The molecule has 0 aliphatic carbocycles. The average Bonchev–Trinajstić information content (AvgIpc) is 1.62. The molecule has 3 aromatic heterocycles. The Morgan fingerprint density at radius 3 is 0.693 bits per heavy atom. The van der Waals surface area contributed by atoms with Crippen LogP contribution in [0.5, 0.6) is 0 Å². The Hall–Kier alpha value is -15.9. The molecule has 9 heteroatoms. The van der Waals surface area contributed by atoms with Crippen molar-refractivity contribution in [2.75, 3.05) is 29.4 Å². The number of anilines is 18. The molecule has 602 valence electrons. The van der Waals surface area contributed by atoms with Gasteiger partial charge in [0.1, 0.15) is 0 Å². The average molecular weight is 1680 g/mol. The monoisotopic (exact) mass is 1680 g/mol. The minimum absolute atomic E-state index is 1.10. The highest BCUT2D eigenvalue weighted by Crippen LogP contribution is 2.50. The highest BCUT2D eigenvalue weighted by Gasteiger charge is 2.24. The number of rotatable bonds is 20. The van der Waals surface area contributed by atoms with Crippen molar-refractivity contribution in [3.63, 3.8) is 0 Å². The van der Waals surface area contributed by atoms with Crippen molar-refractivity contribution in [1.82, 2.24) is 0 Å². The summed E-state index contributed by atoms with van der Waals surface area (Å²) in [5.41, 5.74) is 24.8. The minimum atomic E-state index is 1.10. The number of para-hydroxylation sites is 8. The topological polar surface area (TPSA) is 19.4 Å². The third-order valence-electron chi connectivity index (χ3n) is 23.8. The first kappa shape index (κ1) is 77.2. The van der Waals surface area contributed by atoms with Gasteiger partial charge in [0.15, 0.2) is 0 Å². The second-order valence-electron chi connectivity index (χ2n) is 31.6. The lowest BCUT2D eigenvalue weighted by Crippen LogP contribution is -2.10. The van der Waals surface area contributed by atoms with Crippen LogP contribution in [0.2, 0.25) is 0 Å². The molecule has 0 unspecified atom stereocenters. The Balaban J connectivity index is 0.000000152. The predicted molar refractivity (Wildman–Crippen MR) is 548 cm³/mol. The van der Waals surface area contributed by atoms with Gasteiger partial charge in [-0.3, -0.25) is 0 Å². The van der Waals surface area contributed by atoms with Gasteiger partial charge in [-0.1, -0.05) is 261 Å². The fourth-order valence-corrected chi connectivity index (χ4v) is 21.2. The molecular formula is C118H82N6S3. The molecule has 0 spiro atoms. The highest BCUT2D eigenvalue weighted by molar-refractivity contribution is 7.26. The van der Waals surface area contributed by atoms with Crippen LogP contribution in [0.4, 0.5) is 102 Å². The molecule has 0 radical (unpaired) electrons. The van der Waals surface area contributed by atoms with Crippen LogP contribution in [0.3, 0.4) is 0 Å². The maximum atomic E-state index is 2.39. The van der Waals surface area contributed by atoms with Crippen molar-refractivity contribution in [2.24, 2.45) is 0 Å². The molecule has 3 heterocycles. The molecule has 23 aromatic rings. The summed E-state index contributed by atoms with van der Waals surface area (Å²) in [6.07, 6.45) is 0. The van der Waals surface area contributed by atoms with Crippen molar-refractivity contribution in [3.05, 3.63) is 497 Å². The van der Waals surface area contributed by atoms with Gasteiger partial charge in [-0.2, -0.15) is 0 Å². The summed E-state index contributed by atoms with van der Waals surface area (Å²) in [7, 11) is 0. The molecular weight excluding hydrogens is 1600 g/mol. The van der Waals surface area contributed by atoms with E-state index in [4.69, 9.17) is 0 Å². The van der Waals surface area contributed by atoms with E-state index in [9.17, 15) is 0 Å². The van der Waals surface area contributed by atoms with Crippen molar-refractivity contribution < 1.29 is 0 Å². The summed E-state index contributed by atoms with van der Waals surface area (Å²) in [5.74, 6) is 0. The van der Waals surface area contributed by atoms with E-state index in [0.717, 1.165) is 125 Å². The fourth-order valence-electron chi connectivity index (χ4n) is 17.8. The third kappa shape index (κ3) is 15.5. The lowest BCUT2D eigenvalue weighted by atomic mass is 10.0. The van der Waals surface area contributed by atoms with Gasteiger partial charge < -0.3 is 29.4 Å². The Kier molecular flexibility index (Phi) is 20.9. The zero-order valence-electron chi connectivity index (χ0n) is 69.3. The molecule has 0 aliphatic rings. The molecule has 6 nitrogen and oxygen atoms in total. The van der Waals surface area contributed by atoms with Crippen LogP contribution in [-0.2, 0) is 0 Å². The van der Waals surface area contributed by atoms with E-state index >= 15 is 0 Å². The molecule has 0 saturated heterocycles. The van der Waals surface area contributed by atoms with Crippen LogP contribution in [0, 0.1) is 0 Å². The van der Waals surface area contributed by atoms with Crippen LogP contribution in [-0.4, -0.2) is 0 Å². The van der Waals surface area contributed by atoms with Gasteiger partial charge in [0.25, 0.3) is 0 Å². The summed E-state index contributed by atoms with van der Waals surface area (Å²) in [6, 6.07) is 179. The van der Waals surface area contributed by atoms with Gasteiger partial charge in [0.2, 0.25) is 0 Å². The smallest absolute Gasteiger partial charge is 0.0476 e. The number of nitrogens with zero attached hydrogens (tertiary/aromatic N) is 6. The Labute approximate surface area is 751 Å². The fraction of sp³-hybridized carbons (Fsp3) is 0. The zero-order chi connectivity index (χ0) is 84.4. The van der Waals surface area contributed by atoms with Crippen LogP contribution < -0.4 is 29.4 Å². The Bertz CT molecular complexity index is 7710. The second-order valence-corrected chi connectivity index (χ2v) is 34.9. The van der Waals surface area contributed by atoms with E-state index in [-0.39, 0.29) is 0 Å². The number of benzene rings is 20. The molecule has 0 atom stereocenters. The van der Waals surface area contributed by atoms with Gasteiger partial charge in [-0.15, -0.1) is 34.0 Å². The van der Waals surface area contributed by atoms with Crippen LogP contribution >= 0.6 is 34.0 Å². The molecule has 0 N–H and O–H groups in total. The number of hydrogen-bond donors (Lipinski definition) is 0. The molecule has 0 aliphatic heterocycles. The highest BCUT2D eigenvalue weighted by atomic mass is 32.1. The normalized spacial score (nSPS) is 11.3. The van der Waals surface area contributed by atoms with Gasteiger partial charge >= 0.3 is 0 Å². The van der Waals surface area contributed by atoms with Crippen molar-refractivity contribution >= 4 is 208 Å². The van der Waals surface area contributed by atoms with Crippen molar-refractivity contribution in [3.8, 4) is 22.3 Å². The summed E-state index contributed by atoms with van der Waals surface area (Å²) < 4.78 is 7.64. The number of fused-ring (bicyclic) bond motifs is 10. The van der Waals surface area contributed by atoms with E-state index in [2.05, 4.69) is 527 Å². The predicted octanol–water partition coefficient (Wildman–Crippen LogP) is 35.8. The van der Waals surface area contributed by atoms with E-state index < -0.39 is 0 Å². The molecule has 127 heavy (non-hydrogen) atoms. The molecule has 0 saturated carbocycles. The molecule has 20 aromatic carbocycles. The minimum Gasteiger partial charge on any atom is -0.310 e. The summed E-state index contributed by atoms with van der Waals surface area (Å²) in [6.45, 7) is 0. The lowest BCUT2D eigenvalue weighted by molar-refractivity contribution is 1.28. The van der Waals surface area contributed by atoms with Gasteiger partial charge in [-0.05, 0) is 270 Å². The zero-order valence-corrected chi connectivity index (χ0v) is 71.7. The maximum absolute atomic E-state index is 2.39. The Morgan fingerprint density at radius 2 is 0.339 bits per heavy atom. The Morgan fingerprint density at radius 1 is 0.110 bits per heavy atom. The SMILES string of the molecule is c1ccc(N(c2ccccc2)c2ccc3c(c2)sc2ccc(N(c4ccccc4)c4cccc(-c5ccc(N(c6ccc7ccccc7c6)c6ccc7c(c6)sc6ccccc67)cc5)c4)cc23)cc1.c1ccc(N(c2ccccc2)c2cccc(-c3ccc(N(c4ccccc4)c4ccc5sc6cc(N(c7ccccc7)c7ccccc7)ccc6c5c4)cc3)c2)cc1.